The van der Waals surface area contributed by atoms with Gasteiger partial charge in [-0.05, 0) is 66.8 Å². The van der Waals surface area contributed by atoms with Crippen molar-refractivity contribution in [2.24, 2.45) is 0 Å². The van der Waals surface area contributed by atoms with Gasteiger partial charge in [0.25, 0.3) is 0 Å². The number of halogens is 1. The lowest BCUT2D eigenvalue weighted by Gasteiger charge is -2.11. The Hall–Kier alpha value is -1.98. The summed E-state index contributed by atoms with van der Waals surface area (Å²) in [4.78, 5) is 0. The van der Waals surface area contributed by atoms with Crippen LogP contribution in [-0.4, -0.2) is 0 Å². The molecule has 3 heteroatoms. The van der Waals surface area contributed by atoms with Crippen LogP contribution in [0.4, 0.5) is 0 Å². The number of nitrogens with zero attached hydrogens (tertiary/aromatic N) is 1. The van der Waals surface area contributed by atoms with Crippen LogP contribution in [0.25, 0.3) is 0 Å². The lowest BCUT2D eigenvalue weighted by atomic mass is 10.1. The first-order valence-corrected chi connectivity index (χ1v) is 6.61. The monoisotopic (exact) mass is 269 g/mol. The van der Waals surface area contributed by atoms with Gasteiger partial charge in [0.05, 0.1) is 11.6 Å². The molecule has 1 saturated carbocycles. The molecule has 19 heavy (non-hydrogen) atoms. The first-order chi connectivity index (χ1) is 9.26. The lowest BCUT2D eigenvalue weighted by molar-refractivity contribution is 0.476. The molecular weight excluding hydrogens is 258 g/mol. The van der Waals surface area contributed by atoms with Crippen LogP contribution in [0.5, 0.6) is 11.5 Å². The Bertz CT molecular complexity index is 639. The average Bonchev–Trinajstić information content (AvgIpc) is 3.26. The molecule has 1 aliphatic rings. The van der Waals surface area contributed by atoms with E-state index in [1.807, 2.05) is 24.3 Å². The third-order valence-electron chi connectivity index (χ3n) is 3.20. The van der Waals surface area contributed by atoms with Crippen molar-refractivity contribution in [1.29, 1.82) is 5.26 Å². The highest BCUT2D eigenvalue weighted by Crippen LogP contribution is 2.45. The molecule has 0 N–H and O–H groups in total. The summed E-state index contributed by atoms with van der Waals surface area (Å²) >= 11 is 5.85. The normalized spacial score (nSPS) is 13.9. The summed E-state index contributed by atoms with van der Waals surface area (Å²) in [6.45, 7) is 0. The Morgan fingerprint density at radius 1 is 1.11 bits per heavy atom. The van der Waals surface area contributed by atoms with E-state index in [1.54, 1.807) is 18.2 Å². The van der Waals surface area contributed by atoms with Crippen LogP contribution in [0, 0.1) is 11.3 Å². The fourth-order valence-corrected chi connectivity index (χ4v) is 2.18. The van der Waals surface area contributed by atoms with Gasteiger partial charge in [-0.15, -0.1) is 0 Å². The van der Waals surface area contributed by atoms with Crippen molar-refractivity contribution in [2.75, 3.05) is 0 Å². The van der Waals surface area contributed by atoms with E-state index < -0.39 is 0 Å². The van der Waals surface area contributed by atoms with E-state index in [2.05, 4.69) is 6.07 Å². The van der Waals surface area contributed by atoms with E-state index in [1.165, 1.54) is 12.8 Å². The second-order valence-electron chi connectivity index (χ2n) is 4.69. The van der Waals surface area contributed by atoms with Crippen molar-refractivity contribution in [3.05, 3.63) is 58.6 Å². The Morgan fingerprint density at radius 2 is 1.84 bits per heavy atom. The zero-order chi connectivity index (χ0) is 13.2. The van der Waals surface area contributed by atoms with Crippen molar-refractivity contribution in [2.45, 2.75) is 18.8 Å². The molecule has 0 saturated heterocycles. The molecule has 2 aromatic carbocycles. The van der Waals surface area contributed by atoms with E-state index in [4.69, 9.17) is 21.6 Å². The van der Waals surface area contributed by atoms with E-state index in [-0.39, 0.29) is 0 Å². The molecule has 3 rings (SSSR count). The summed E-state index contributed by atoms with van der Waals surface area (Å²) in [7, 11) is 0. The van der Waals surface area contributed by atoms with Crippen molar-refractivity contribution < 1.29 is 4.74 Å². The fourth-order valence-electron chi connectivity index (χ4n) is 2.05. The SMILES string of the molecule is N#Cc1ccc(Oc2ccc(Cl)cc2)c(C2CC2)c1. The predicted molar refractivity (Wildman–Crippen MR) is 74.7 cm³/mol. The smallest absolute Gasteiger partial charge is 0.130 e. The molecule has 1 aliphatic carbocycles. The zero-order valence-electron chi connectivity index (χ0n) is 10.3. The summed E-state index contributed by atoms with van der Waals surface area (Å²) in [5, 5.41) is 9.66. The number of hydrogen-bond acceptors (Lipinski definition) is 2. The quantitative estimate of drug-likeness (QED) is 0.795. The van der Waals surface area contributed by atoms with Crippen LogP contribution in [0.3, 0.4) is 0 Å². The van der Waals surface area contributed by atoms with Crippen LogP contribution in [0.2, 0.25) is 5.02 Å². The van der Waals surface area contributed by atoms with Crippen LogP contribution >= 0.6 is 11.6 Å². The van der Waals surface area contributed by atoms with Gasteiger partial charge >= 0.3 is 0 Å². The highest BCUT2D eigenvalue weighted by atomic mass is 35.5. The Labute approximate surface area is 117 Å². The first kappa shape index (κ1) is 12.1. The van der Waals surface area contributed by atoms with Gasteiger partial charge in [0, 0.05) is 5.02 Å². The van der Waals surface area contributed by atoms with Gasteiger partial charge < -0.3 is 4.74 Å². The predicted octanol–water partition coefficient (Wildman–Crippen LogP) is 4.88. The number of benzene rings is 2. The number of hydrogen-bond donors (Lipinski definition) is 0. The molecule has 0 radical (unpaired) electrons. The number of ether oxygens (including phenoxy) is 1. The molecule has 0 atom stereocenters. The minimum Gasteiger partial charge on any atom is -0.457 e. The van der Waals surface area contributed by atoms with Crippen molar-refractivity contribution >= 4 is 11.6 Å². The number of rotatable bonds is 3. The van der Waals surface area contributed by atoms with Crippen molar-refractivity contribution in [3.63, 3.8) is 0 Å². The van der Waals surface area contributed by atoms with Crippen LogP contribution in [0.1, 0.15) is 29.9 Å². The largest absolute Gasteiger partial charge is 0.457 e. The molecule has 0 heterocycles. The van der Waals surface area contributed by atoms with Gasteiger partial charge in [0.2, 0.25) is 0 Å². The molecule has 0 aliphatic heterocycles. The maximum Gasteiger partial charge on any atom is 0.130 e. The number of nitriles is 1. The first-order valence-electron chi connectivity index (χ1n) is 6.24. The third-order valence-corrected chi connectivity index (χ3v) is 3.45. The highest BCUT2D eigenvalue weighted by Gasteiger charge is 2.27. The third kappa shape index (κ3) is 2.72. The highest BCUT2D eigenvalue weighted by molar-refractivity contribution is 6.30. The van der Waals surface area contributed by atoms with Crippen molar-refractivity contribution in [3.8, 4) is 17.6 Å². The minimum atomic E-state index is 0.538. The summed E-state index contributed by atoms with van der Waals surface area (Å²) in [6.07, 6.45) is 2.34. The standard InChI is InChI=1S/C16H12ClNO/c17-13-4-6-14(7-5-13)19-16-8-1-11(10-18)9-15(16)12-2-3-12/h1,4-9,12H,2-3H2. The van der Waals surface area contributed by atoms with Gasteiger partial charge in [0.15, 0.2) is 0 Å². The average molecular weight is 270 g/mol. The van der Waals surface area contributed by atoms with Gasteiger partial charge in [-0.1, -0.05) is 11.6 Å². The molecule has 2 nitrogen and oxygen atoms in total. The van der Waals surface area contributed by atoms with E-state index in [0.717, 1.165) is 17.1 Å². The summed E-state index contributed by atoms with van der Waals surface area (Å²) in [5.41, 5.74) is 1.82. The minimum absolute atomic E-state index is 0.538. The molecule has 94 valence electrons. The molecule has 2 aromatic rings. The van der Waals surface area contributed by atoms with E-state index in [0.29, 0.717) is 16.5 Å². The Balaban J connectivity index is 1.92. The Morgan fingerprint density at radius 3 is 2.47 bits per heavy atom. The molecule has 0 bridgehead atoms. The van der Waals surface area contributed by atoms with Crippen molar-refractivity contribution in [1.82, 2.24) is 0 Å². The van der Waals surface area contributed by atoms with Gasteiger partial charge in [-0.2, -0.15) is 5.26 Å². The van der Waals surface area contributed by atoms with Crippen LogP contribution in [0.15, 0.2) is 42.5 Å². The summed E-state index contributed by atoms with van der Waals surface area (Å²) in [5.74, 6) is 2.13. The van der Waals surface area contributed by atoms with Crippen LogP contribution in [-0.2, 0) is 0 Å². The van der Waals surface area contributed by atoms with Gasteiger partial charge in [0.1, 0.15) is 11.5 Å². The Kier molecular flexibility index (Phi) is 3.15. The molecule has 0 amide bonds. The van der Waals surface area contributed by atoms with Crippen LogP contribution < -0.4 is 4.74 Å². The topological polar surface area (TPSA) is 33.0 Å². The molecule has 0 unspecified atom stereocenters. The van der Waals surface area contributed by atoms with E-state index >= 15 is 0 Å². The summed E-state index contributed by atoms with van der Waals surface area (Å²) in [6, 6.07) is 15.1. The van der Waals surface area contributed by atoms with E-state index in [9.17, 15) is 0 Å². The molecule has 0 aromatic heterocycles. The van der Waals surface area contributed by atoms with Gasteiger partial charge in [-0.25, -0.2) is 0 Å². The molecule has 0 spiro atoms. The molecular formula is C16H12ClNO. The zero-order valence-corrected chi connectivity index (χ0v) is 11.0. The second kappa shape index (κ2) is 4.95. The fraction of sp³-hybridized carbons (Fsp3) is 0.188. The lowest BCUT2D eigenvalue weighted by Crippen LogP contribution is -1.91. The second-order valence-corrected chi connectivity index (χ2v) is 5.13. The molecule has 1 fully saturated rings. The maximum absolute atomic E-state index is 8.97. The summed E-state index contributed by atoms with van der Waals surface area (Å²) < 4.78 is 5.90. The maximum atomic E-state index is 8.97. The van der Waals surface area contributed by atoms with Gasteiger partial charge in [-0.3, -0.25) is 0 Å².